The van der Waals surface area contributed by atoms with Crippen molar-refractivity contribution in [2.45, 2.75) is 58.3 Å². The number of rotatable bonds is 7. The highest BCUT2D eigenvalue weighted by Crippen LogP contribution is 2.34. The molecule has 1 heterocycles. The lowest BCUT2D eigenvalue weighted by Crippen LogP contribution is -2.15. The molecule has 1 aromatic heterocycles. The van der Waals surface area contributed by atoms with Crippen LogP contribution in [0.1, 0.15) is 68.8 Å². The van der Waals surface area contributed by atoms with E-state index >= 15 is 0 Å². The predicted molar refractivity (Wildman–Crippen MR) is 89.5 cm³/mol. The molecule has 1 aromatic rings. The molecular weight excluding hydrogens is 328 g/mol. The van der Waals surface area contributed by atoms with Crippen molar-refractivity contribution in [3.63, 3.8) is 0 Å². The second-order valence-electron chi connectivity index (χ2n) is 6.25. The van der Waals surface area contributed by atoms with Crippen molar-refractivity contribution < 1.29 is 9.21 Å². The fourth-order valence-electron chi connectivity index (χ4n) is 3.32. The average molecular weight is 353 g/mol. The van der Waals surface area contributed by atoms with Crippen LogP contribution in [0, 0.1) is 11.8 Å². The average Bonchev–Trinajstić information content (AvgIpc) is 2.92. The summed E-state index contributed by atoms with van der Waals surface area (Å²) in [6, 6.07) is 3.45. The van der Waals surface area contributed by atoms with E-state index in [-0.39, 0.29) is 5.78 Å². The second-order valence-corrected chi connectivity index (χ2v) is 7.03. The van der Waals surface area contributed by atoms with Gasteiger partial charge >= 0.3 is 0 Å². The van der Waals surface area contributed by atoms with E-state index in [1.165, 1.54) is 38.5 Å². The quantitative estimate of drug-likeness (QED) is 0.434. The van der Waals surface area contributed by atoms with Gasteiger partial charge in [-0.2, -0.15) is 0 Å². The number of allylic oxidation sites excluding steroid dienone is 1. The van der Waals surface area contributed by atoms with Crippen molar-refractivity contribution in [2.24, 2.45) is 11.8 Å². The third-order valence-electron chi connectivity index (χ3n) is 4.64. The lowest BCUT2D eigenvalue weighted by molar-refractivity contribution is 0.0998. The van der Waals surface area contributed by atoms with Crippen LogP contribution < -0.4 is 0 Å². The summed E-state index contributed by atoms with van der Waals surface area (Å²) < 4.78 is 5.90. The molecule has 0 aliphatic heterocycles. The van der Waals surface area contributed by atoms with Gasteiger partial charge in [0.2, 0.25) is 5.78 Å². The number of hydrogen-bond acceptors (Lipinski definition) is 2. The van der Waals surface area contributed by atoms with Crippen LogP contribution in [0.15, 0.2) is 33.4 Å². The maximum absolute atomic E-state index is 12.2. The normalized spacial score (nSPS) is 22.2. The van der Waals surface area contributed by atoms with Gasteiger partial charge in [-0.3, -0.25) is 4.79 Å². The van der Waals surface area contributed by atoms with Gasteiger partial charge in [0.05, 0.1) is 0 Å². The lowest BCUT2D eigenvalue weighted by Gasteiger charge is -2.28. The number of ketones is 1. The highest BCUT2D eigenvalue weighted by Gasteiger charge is 2.22. The number of carbonyl (C=O) groups is 1. The predicted octanol–water partition coefficient (Wildman–Crippen LogP) is 6.17. The van der Waals surface area contributed by atoms with Crippen molar-refractivity contribution in [3.05, 3.63) is 34.7 Å². The fraction of sp³-hybridized carbons (Fsp3) is 0.611. The highest BCUT2D eigenvalue weighted by atomic mass is 79.9. The Morgan fingerprint density at radius 2 is 1.86 bits per heavy atom. The van der Waals surface area contributed by atoms with Crippen LogP contribution in [-0.4, -0.2) is 5.78 Å². The summed E-state index contributed by atoms with van der Waals surface area (Å²) in [5.41, 5.74) is 0.674. The Labute approximate surface area is 136 Å². The molecule has 0 saturated heterocycles. The summed E-state index contributed by atoms with van der Waals surface area (Å²) in [4.78, 5) is 12.2. The minimum Gasteiger partial charge on any atom is -0.446 e. The maximum Gasteiger partial charge on any atom is 0.223 e. The van der Waals surface area contributed by atoms with Crippen LogP contribution in [0.5, 0.6) is 0 Å². The first-order valence-electron chi connectivity index (χ1n) is 8.08. The topological polar surface area (TPSA) is 30.2 Å². The molecule has 21 heavy (non-hydrogen) atoms. The Balaban J connectivity index is 1.73. The molecule has 2 nitrogen and oxygen atoms in total. The van der Waals surface area contributed by atoms with Crippen LogP contribution >= 0.6 is 15.9 Å². The van der Waals surface area contributed by atoms with Crippen LogP contribution in [0.4, 0.5) is 0 Å². The zero-order valence-electron chi connectivity index (χ0n) is 12.9. The van der Waals surface area contributed by atoms with Gasteiger partial charge in [-0.05, 0) is 58.3 Å². The van der Waals surface area contributed by atoms with E-state index < -0.39 is 0 Å². The van der Waals surface area contributed by atoms with Gasteiger partial charge in [0, 0.05) is 0 Å². The number of hydrogen-bond donors (Lipinski definition) is 0. The third-order valence-corrected chi connectivity index (χ3v) is 5.06. The van der Waals surface area contributed by atoms with Crippen LogP contribution in [-0.2, 0) is 0 Å². The third kappa shape index (κ3) is 4.84. The van der Waals surface area contributed by atoms with Gasteiger partial charge in [-0.25, -0.2) is 0 Å². The molecule has 0 aromatic carbocycles. The molecular formula is C18H25BrO2. The maximum atomic E-state index is 12.2. The van der Waals surface area contributed by atoms with Crippen LogP contribution in [0.3, 0.4) is 0 Å². The summed E-state index contributed by atoms with van der Waals surface area (Å²) in [5, 5.41) is 0. The second kappa shape index (κ2) is 7.98. The Bertz CT molecular complexity index is 481. The molecule has 0 radical (unpaired) electrons. The van der Waals surface area contributed by atoms with E-state index in [1.807, 2.05) is 0 Å². The van der Waals surface area contributed by atoms with Crippen molar-refractivity contribution >= 4 is 21.7 Å². The van der Waals surface area contributed by atoms with Gasteiger partial charge in [0.1, 0.15) is 0 Å². The summed E-state index contributed by atoms with van der Waals surface area (Å²) in [6.45, 7) is 6.22. The largest absolute Gasteiger partial charge is 0.446 e. The summed E-state index contributed by atoms with van der Waals surface area (Å²) in [5.74, 6) is 2.04. The van der Waals surface area contributed by atoms with Crippen molar-refractivity contribution in [2.75, 3.05) is 0 Å². The Kier molecular flexibility index (Phi) is 6.28. The highest BCUT2D eigenvalue weighted by molar-refractivity contribution is 9.10. The van der Waals surface area contributed by atoms with E-state index in [0.717, 1.165) is 24.7 Å². The minimum atomic E-state index is -0.0552. The van der Waals surface area contributed by atoms with Crippen LogP contribution in [0.2, 0.25) is 0 Å². The molecule has 0 atom stereocenters. The molecule has 1 fully saturated rings. The minimum absolute atomic E-state index is 0.0552. The first kappa shape index (κ1) is 16.5. The van der Waals surface area contributed by atoms with Gasteiger partial charge in [-0.15, -0.1) is 0 Å². The smallest absolute Gasteiger partial charge is 0.223 e. The number of halogens is 1. The van der Waals surface area contributed by atoms with E-state index in [1.54, 1.807) is 12.1 Å². The number of furan rings is 1. The molecule has 3 heteroatoms. The molecule has 0 N–H and O–H groups in total. The molecule has 0 bridgehead atoms. The van der Waals surface area contributed by atoms with Crippen LogP contribution in [0.25, 0.3) is 0 Å². The van der Waals surface area contributed by atoms with Gasteiger partial charge in [0.15, 0.2) is 10.4 Å². The molecule has 116 valence electrons. The lowest BCUT2D eigenvalue weighted by atomic mass is 9.78. The first-order chi connectivity index (χ1) is 10.1. The summed E-state index contributed by atoms with van der Waals surface area (Å²) >= 11 is 3.22. The van der Waals surface area contributed by atoms with Crippen molar-refractivity contribution in [1.29, 1.82) is 0 Å². The van der Waals surface area contributed by atoms with E-state index in [0.29, 0.717) is 16.0 Å². The first-order valence-corrected chi connectivity index (χ1v) is 8.87. The molecule has 2 rings (SSSR count). The molecule has 0 amide bonds. The van der Waals surface area contributed by atoms with E-state index in [4.69, 9.17) is 4.42 Å². The van der Waals surface area contributed by atoms with E-state index in [9.17, 15) is 4.79 Å². The zero-order chi connectivity index (χ0) is 15.2. The SMILES string of the molecule is C=C(CCC1CCC(CCC)CC1)C(=O)c1ccc(Br)o1. The number of carbonyl (C=O) groups excluding carboxylic acids is 1. The van der Waals surface area contributed by atoms with Gasteiger partial charge in [-0.1, -0.05) is 52.0 Å². The van der Waals surface area contributed by atoms with E-state index in [2.05, 4.69) is 29.4 Å². The number of Topliss-reactive ketones (excluding diaryl/α,β-unsaturated/α-hetero) is 1. The fourth-order valence-corrected chi connectivity index (χ4v) is 3.63. The summed E-state index contributed by atoms with van der Waals surface area (Å²) in [7, 11) is 0. The summed E-state index contributed by atoms with van der Waals surface area (Å²) in [6.07, 6.45) is 9.93. The zero-order valence-corrected chi connectivity index (χ0v) is 14.5. The molecule has 0 unspecified atom stereocenters. The molecule has 1 aliphatic rings. The van der Waals surface area contributed by atoms with Gasteiger partial charge < -0.3 is 4.42 Å². The molecule has 1 saturated carbocycles. The Hall–Kier alpha value is -0.830. The van der Waals surface area contributed by atoms with Gasteiger partial charge in [0.25, 0.3) is 0 Å². The standard InChI is InChI=1S/C18H25BrO2/c1-3-4-14-7-9-15(10-8-14)6-5-13(2)18(20)16-11-12-17(19)21-16/h11-12,14-15H,2-10H2,1H3. The Morgan fingerprint density at radius 1 is 1.24 bits per heavy atom. The Morgan fingerprint density at radius 3 is 2.38 bits per heavy atom. The monoisotopic (exact) mass is 352 g/mol. The van der Waals surface area contributed by atoms with Crippen molar-refractivity contribution in [3.8, 4) is 0 Å². The molecule has 0 spiro atoms. The van der Waals surface area contributed by atoms with Crippen molar-refractivity contribution in [1.82, 2.24) is 0 Å². The molecule has 1 aliphatic carbocycles.